The van der Waals surface area contributed by atoms with E-state index in [1.165, 1.54) is 38.4 Å². The lowest BCUT2D eigenvalue weighted by atomic mass is 10.2. The van der Waals surface area contributed by atoms with E-state index < -0.39 is 21.8 Å². The number of carbonyl (C=O) groups excluding carboxylic acids is 2. The minimum atomic E-state index is -3.58. The van der Waals surface area contributed by atoms with Crippen molar-refractivity contribution in [2.24, 2.45) is 0 Å². The van der Waals surface area contributed by atoms with Gasteiger partial charge in [-0.3, -0.25) is 20.4 Å². The molecule has 2 aromatic carbocycles. The van der Waals surface area contributed by atoms with Crippen LogP contribution in [0.1, 0.15) is 10.4 Å². The third kappa shape index (κ3) is 6.66. The lowest BCUT2D eigenvalue weighted by Crippen LogP contribution is -2.47. The van der Waals surface area contributed by atoms with Gasteiger partial charge in [-0.25, -0.2) is 12.7 Å². The van der Waals surface area contributed by atoms with Crippen molar-refractivity contribution in [1.82, 2.24) is 20.5 Å². The summed E-state index contributed by atoms with van der Waals surface area (Å²) < 4.78 is 25.1. The molecule has 2 aromatic rings. The van der Waals surface area contributed by atoms with Gasteiger partial charge in [0.15, 0.2) is 5.11 Å². The molecule has 0 atom stereocenters. The largest absolute Gasteiger partial charge is 0.343 e. The Morgan fingerprint density at radius 1 is 1.07 bits per heavy atom. The Hall–Kier alpha value is -2.73. The molecule has 4 N–H and O–H groups in total. The molecule has 0 radical (unpaired) electrons. The van der Waals surface area contributed by atoms with Crippen LogP contribution in [0.25, 0.3) is 0 Å². The van der Waals surface area contributed by atoms with Crippen LogP contribution >= 0.6 is 23.8 Å². The quantitative estimate of drug-likeness (QED) is 0.372. The zero-order chi connectivity index (χ0) is 22.3. The second kappa shape index (κ2) is 10.3. The van der Waals surface area contributed by atoms with E-state index >= 15 is 0 Å². The van der Waals surface area contributed by atoms with Crippen molar-refractivity contribution in [1.29, 1.82) is 0 Å². The Morgan fingerprint density at radius 2 is 1.73 bits per heavy atom. The number of benzene rings is 2. The van der Waals surface area contributed by atoms with E-state index in [1.54, 1.807) is 24.3 Å². The number of thiocarbonyl (C=S) groups is 1. The fourth-order valence-corrected chi connectivity index (χ4v) is 3.41. The van der Waals surface area contributed by atoms with Crippen molar-refractivity contribution in [2.75, 3.05) is 26.0 Å². The maximum Gasteiger partial charge on any atom is 0.257 e. The van der Waals surface area contributed by atoms with Gasteiger partial charge in [-0.15, -0.1) is 0 Å². The van der Waals surface area contributed by atoms with Gasteiger partial charge < -0.3 is 10.6 Å². The molecule has 0 bridgehead atoms. The number of anilines is 1. The zero-order valence-corrected chi connectivity index (χ0v) is 18.5. The van der Waals surface area contributed by atoms with Crippen molar-refractivity contribution >= 4 is 56.5 Å². The van der Waals surface area contributed by atoms with Crippen LogP contribution in [0.2, 0.25) is 5.02 Å². The molecule has 30 heavy (non-hydrogen) atoms. The number of amides is 2. The molecule has 2 rings (SSSR count). The van der Waals surface area contributed by atoms with Gasteiger partial charge in [0.25, 0.3) is 11.8 Å². The van der Waals surface area contributed by atoms with Crippen molar-refractivity contribution in [3.05, 3.63) is 59.1 Å². The van der Waals surface area contributed by atoms with Crippen molar-refractivity contribution in [3.8, 4) is 0 Å². The molecule has 2 amide bonds. The molecular formula is C18H20ClN5O4S2. The third-order valence-electron chi connectivity index (χ3n) is 3.70. The highest BCUT2D eigenvalue weighted by molar-refractivity contribution is 7.89. The summed E-state index contributed by atoms with van der Waals surface area (Å²) in [6.45, 7) is -0.316. The lowest BCUT2D eigenvalue weighted by molar-refractivity contribution is -0.120. The second-order valence-electron chi connectivity index (χ2n) is 6.13. The zero-order valence-electron chi connectivity index (χ0n) is 16.1. The number of sulfonamides is 1. The average molecular weight is 470 g/mol. The summed E-state index contributed by atoms with van der Waals surface area (Å²) in [5.74, 6) is -1.07. The average Bonchev–Trinajstić information content (AvgIpc) is 2.70. The molecular weight excluding hydrogens is 450 g/mol. The molecule has 0 aliphatic carbocycles. The smallest absolute Gasteiger partial charge is 0.257 e. The van der Waals surface area contributed by atoms with Gasteiger partial charge in [-0.05, 0) is 54.7 Å². The van der Waals surface area contributed by atoms with E-state index in [-0.39, 0.29) is 22.1 Å². The highest BCUT2D eigenvalue weighted by Gasteiger charge is 2.17. The van der Waals surface area contributed by atoms with Crippen LogP contribution in [-0.2, 0) is 14.8 Å². The third-order valence-corrected chi connectivity index (χ3v) is 5.97. The van der Waals surface area contributed by atoms with Gasteiger partial charge in [0.05, 0.1) is 11.4 Å². The summed E-state index contributed by atoms with van der Waals surface area (Å²) in [7, 11) is -0.751. The molecule has 12 heteroatoms. The number of nitrogens with zero attached hydrogens (tertiary/aromatic N) is 1. The number of rotatable bonds is 6. The minimum Gasteiger partial charge on any atom is -0.343 e. The first-order chi connectivity index (χ1) is 14.1. The molecule has 0 heterocycles. The fraction of sp³-hybridized carbons (Fsp3) is 0.167. The van der Waals surface area contributed by atoms with Gasteiger partial charge in [0, 0.05) is 30.4 Å². The molecule has 0 aliphatic rings. The van der Waals surface area contributed by atoms with Gasteiger partial charge in [-0.2, -0.15) is 0 Å². The Morgan fingerprint density at radius 3 is 2.33 bits per heavy atom. The van der Waals surface area contributed by atoms with Crippen LogP contribution in [0, 0.1) is 0 Å². The molecule has 0 aromatic heterocycles. The predicted octanol–water partition coefficient (Wildman–Crippen LogP) is 1.34. The van der Waals surface area contributed by atoms with E-state index in [0.29, 0.717) is 10.7 Å². The molecule has 160 valence electrons. The maximum atomic E-state index is 12.1. The summed E-state index contributed by atoms with van der Waals surface area (Å²) in [6.07, 6.45) is 0. The van der Waals surface area contributed by atoms with Gasteiger partial charge in [0.2, 0.25) is 10.0 Å². The highest BCUT2D eigenvalue weighted by atomic mass is 35.5. The summed E-state index contributed by atoms with van der Waals surface area (Å²) in [5.41, 5.74) is 5.70. The highest BCUT2D eigenvalue weighted by Crippen LogP contribution is 2.15. The van der Waals surface area contributed by atoms with Gasteiger partial charge in [0.1, 0.15) is 0 Å². The number of hydrazine groups is 1. The first-order valence-corrected chi connectivity index (χ1v) is 10.7. The maximum absolute atomic E-state index is 12.1. The number of hydrogen-bond donors (Lipinski definition) is 4. The van der Waals surface area contributed by atoms with E-state index in [4.69, 9.17) is 23.8 Å². The van der Waals surface area contributed by atoms with Crippen molar-refractivity contribution in [3.63, 3.8) is 0 Å². The summed E-state index contributed by atoms with van der Waals surface area (Å²) in [6, 6.07) is 12.2. The summed E-state index contributed by atoms with van der Waals surface area (Å²) in [4.78, 5) is 24.1. The predicted molar refractivity (Wildman–Crippen MR) is 119 cm³/mol. The van der Waals surface area contributed by atoms with Crippen LogP contribution in [0.4, 0.5) is 5.69 Å². The fourth-order valence-electron chi connectivity index (χ4n) is 2.15. The van der Waals surface area contributed by atoms with Crippen LogP contribution in [0.3, 0.4) is 0 Å². The molecule has 0 spiro atoms. The first-order valence-electron chi connectivity index (χ1n) is 8.52. The van der Waals surface area contributed by atoms with Gasteiger partial charge in [-0.1, -0.05) is 17.7 Å². The molecule has 9 nitrogen and oxygen atoms in total. The first kappa shape index (κ1) is 23.5. The number of nitrogens with one attached hydrogen (secondary N) is 4. The van der Waals surface area contributed by atoms with Crippen LogP contribution in [-0.4, -0.2) is 50.3 Å². The van der Waals surface area contributed by atoms with Crippen LogP contribution in [0.5, 0.6) is 0 Å². The van der Waals surface area contributed by atoms with E-state index in [9.17, 15) is 18.0 Å². The van der Waals surface area contributed by atoms with E-state index in [1.807, 2.05) is 0 Å². The Balaban J connectivity index is 1.80. The number of halogens is 1. The molecule has 0 saturated heterocycles. The van der Waals surface area contributed by atoms with E-state index in [0.717, 1.165) is 4.31 Å². The molecule has 0 saturated carbocycles. The molecule has 0 unspecified atom stereocenters. The molecule has 0 fully saturated rings. The van der Waals surface area contributed by atoms with Gasteiger partial charge >= 0.3 is 0 Å². The standard InChI is InChI=1S/C18H20ClN5O4S2/c1-24(2)30(27,28)15-8-6-12(7-9-15)17(26)20-11-16(25)22-23-18(29)21-14-5-3-4-13(19)10-14/h3-10H,11H2,1-2H3,(H,20,26)(H,22,25)(H2,21,23,29). The number of carbonyl (C=O) groups is 2. The Bertz CT molecular complexity index is 1040. The SMILES string of the molecule is CN(C)S(=O)(=O)c1ccc(C(=O)NCC(=O)NNC(=S)Nc2cccc(Cl)c2)cc1. The summed E-state index contributed by atoms with van der Waals surface area (Å²) >= 11 is 10.9. The lowest BCUT2D eigenvalue weighted by Gasteiger charge is -2.13. The topological polar surface area (TPSA) is 120 Å². The summed E-state index contributed by atoms with van der Waals surface area (Å²) in [5, 5.41) is 5.93. The van der Waals surface area contributed by atoms with Crippen LogP contribution in [0.15, 0.2) is 53.4 Å². The van der Waals surface area contributed by atoms with E-state index in [2.05, 4.69) is 21.5 Å². The Kier molecular flexibility index (Phi) is 8.12. The van der Waals surface area contributed by atoms with Crippen LogP contribution < -0.4 is 21.5 Å². The van der Waals surface area contributed by atoms with Crippen molar-refractivity contribution < 1.29 is 18.0 Å². The minimum absolute atomic E-state index is 0.0618. The van der Waals surface area contributed by atoms with Crippen molar-refractivity contribution in [2.45, 2.75) is 4.90 Å². The number of hydrogen-bond acceptors (Lipinski definition) is 5. The second-order valence-corrected chi connectivity index (χ2v) is 9.13. The normalized spacial score (nSPS) is 10.9. The molecule has 0 aliphatic heterocycles. The Labute approximate surface area is 184 Å². The monoisotopic (exact) mass is 469 g/mol.